The molecule has 2 nitrogen and oxygen atoms in total. The molecule has 25 heavy (non-hydrogen) atoms. The zero-order chi connectivity index (χ0) is 17.9. The average Bonchev–Trinajstić information content (AvgIpc) is 2.64. The number of pyridine rings is 1. The van der Waals surface area contributed by atoms with Crippen LogP contribution in [0.4, 0.5) is 0 Å². The molecule has 2 heteroatoms. The molecule has 136 valence electrons. The first-order valence-corrected chi connectivity index (χ1v) is 10.0. The summed E-state index contributed by atoms with van der Waals surface area (Å²) in [6, 6.07) is 10.3. The maximum atomic E-state index is 10.7. The van der Waals surface area contributed by atoms with Gasteiger partial charge in [0.25, 0.3) is 0 Å². The van der Waals surface area contributed by atoms with Gasteiger partial charge in [0.2, 0.25) is 0 Å². The van der Waals surface area contributed by atoms with Crippen molar-refractivity contribution in [1.29, 1.82) is 0 Å². The fraction of sp³-hybridized carbons (Fsp3) is 0.522. The van der Waals surface area contributed by atoms with Crippen molar-refractivity contribution in [2.75, 3.05) is 0 Å². The Morgan fingerprint density at radius 1 is 1.00 bits per heavy atom. The number of hydrogen-bond acceptors (Lipinski definition) is 2. The van der Waals surface area contributed by atoms with Crippen molar-refractivity contribution in [3.8, 4) is 0 Å². The predicted molar refractivity (Wildman–Crippen MR) is 109 cm³/mol. The number of aliphatic hydroxyl groups is 1. The van der Waals surface area contributed by atoms with E-state index in [4.69, 9.17) is 4.98 Å². The van der Waals surface area contributed by atoms with Gasteiger partial charge in [0.05, 0.1) is 17.3 Å². The Bertz CT molecular complexity index is 662. The summed E-state index contributed by atoms with van der Waals surface area (Å²) in [5.41, 5.74) is 2.90. The quantitative estimate of drug-likeness (QED) is 0.455. The fourth-order valence-corrected chi connectivity index (χ4v) is 3.17. The van der Waals surface area contributed by atoms with Gasteiger partial charge in [-0.15, -0.1) is 0 Å². The molecule has 1 aromatic carbocycles. The summed E-state index contributed by atoms with van der Waals surface area (Å²) in [7, 11) is 0. The van der Waals surface area contributed by atoms with Crippen molar-refractivity contribution in [3.05, 3.63) is 47.7 Å². The van der Waals surface area contributed by atoms with Gasteiger partial charge in [-0.05, 0) is 37.5 Å². The number of benzene rings is 1. The van der Waals surface area contributed by atoms with E-state index in [-0.39, 0.29) is 0 Å². The standard InChI is InChI=1S/C23H33NO/c1-3-5-7-8-9-11-16-22-20(23(25)17-10-6-4-2)18-19-14-12-13-15-21(19)24-22/h11-16,18,23,25H,3-10,17H2,1-2H3/b16-11+. The summed E-state index contributed by atoms with van der Waals surface area (Å²) in [6.45, 7) is 4.43. The Kier molecular flexibility index (Phi) is 8.68. The molecule has 2 aromatic rings. The van der Waals surface area contributed by atoms with E-state index in [1.807, 2.05) is 18.2 Å². The number of hydrogen-bond donors (Lipinski definition) is 1. The molecule has 0 aliphatic rings. The molecule has 1 heterocycles. The first-order chi connectivity index (χ1) is 12.3. The van der Waals surface area contributed by atoms with E-state index in [1.54, 1.807) is 0 Å². The minimum Gasteiger partial charge on any atom is -0.388 e. The monoisotopic (exact) mass is 339 g/mol. The van der Waals surface area contributed by atoms with Crippen LogP contribution in [-0.4, -0.2) is 10.1 Å². The van der Waals surface area contributed by atoms with Gasteiger partial charge in [-0.3, -0.25) is 0 Å². The highest BCUT2D eigenvalue weighted by Gasteiger charge is 2.13. The topological polar surface area (TPSA) is 33.1 Å². The van der Waals surface area contributed by atoms with E-state index in [2.05, 4.69) is 38.1 Å². The van der Waals surface area contributed by atoms with Gasteiger partial charge in [-0.1, -0.05) is 76.6 Å². The van der Waals surface area contributed by atoms with Crippen LogP contribution in [0.3, 0.4) is 0 Å². The van der Waals surface area contributed by atoms with Gasteiger partial charge >= 0.3 is 0 Å². The summed E-state index contributed by atoms with van der Waals surface area (Å²) in [5, 5.41) is 11.8. The molecule has 2 rings (SSSR count). The van der Waals surface area contributed by atoms with Crippen LogP contribution in [0.1, 0.15) is 89.0 Å². The molecule has 0 spiro atoms. The number of allylic oxidation sites excluding steroid dienone is 1. The molecule has 1 atom stereocenters. The molecule has 0 bridgehead atoms. The SMILES string of the molecule is CCCCCC/C=C/c1nc2ccccc2cc1C(O)CCCCC. The smallest absolute Gasteiger partial charge is 0.0811 e. The number of unbranched alkanes of at least 4 members (excludes halogenated alkanes) is 6. The first kappa shape index (κ1) is 19.7. The van der Waals surface area contributed by atoms with Crippen molar-refractivity contribution < 1.29 is 5.11 Å². The molecule has 0 fully saturated rings. The van der Waals surface area contributed by atoms with Gasteiger partial charge in [-0.25, -0.2) is 4.98 Å². The number of rotatable bonds is 11. The third-order valence-electron chi connectivity index (χ3n) is 4.72. The molecule has 0 amide bonds. The minimum atomic E-state index is -0.427. The third kappa shape index (κ3) is 6.28. The number of nitrogens with zero attached hydrogens (tertiary/aromatic N) is 1. The average molecular weight is 340 g/mol. The highest BCUT2D eigenvalue weighted by atomic mass is 16.3. The molecule has 0 aliphatic carbocycles. The largest absolute Gasteiger partial charge is 0.388 e. The van der Waals surface area contributed by atoms with E-state index in [0.29, 0.717) is 0 Å². The van der Waals surface area contributed by atoms with Crippen molar-refractivity contribution in [3.63, 3.8) is 0 Å². The van der Waals surface area contributed by atoms with Gasteiger partial charge in [0.1, 0.15) is 0 Å². The van der Waals surface area contributed by atoms with Crippen LogP contribution in [-0.2, 0) is 0 Å². The normalized spacial score (nSPS) is 12.9. The van der Waals surface area contributed by atoms with Crippen LogP contribution in [0, 0.1) is 0 Å². The summed E-state index contributed by atoms with van der Waals surface area (Å²) < 4.78 is 0. The molecule has 1 unspecified atom stereocenters. The lowest BCUT2D eigenvalue weighted by Gasteiger charge is -2.14. The second kappa shape index (κ2) is 11.0. The van der Waals surface area contributed by atoms with Crippen LogP contribution in [0.2, 0.25) is 0 Å². The summed E-state index contributed by atoms with van der Waals surface area (Å²) in [5.74, 6) is 0. The van der Waals surface area contributed by atoms with Crippen LogP contribution >= 0.6 is 0 Å². The van der Waals surface area contributed by atoms with E-state index in [1.165, 1.54) is 38.5 Å². The highest BCUT2D eigenvalue weighted by molar-refractivity contribution is 5.81. The number of aromatic nitrogens is 1. The lowest BCUT2D eigenvalue weighted by Crippen LogP contribution is -2.02. The summed E-state index contributed by atoms with van der Waals surface area (Å²) in [4.78, 5) is 4.81. The Balaban J connectivity index is 2.16. The maximum absolute atomic E-state index is 10.7. The summed E-state index contributed by atoms with van der Waals surface area (Å²) in [6.07, 6.45) is 14.3. The minimum absolute atomic E-state index is 0.427. The Morgan fingerprint density at radius 2 is 1.76 bits per heavy atom. The van der Waals surface area contributed by atoms with Crippen molar-refractivity contribution >= 4 is 17.0 Å². The van der Waals surface area contributed by atoms with E-state index >= 15 is 0 Å². The summed E-state index contributed by atoms with van der Waals surface area (Å²) >= 11 is 0. The molecule has 0 radical (unpaired) electrons. The van der Waals surface area contributed by atoms with Crippen LogP contribution in [0.25, 0.3) is 17.0 Å². The van der Waals surface area contributed by atoms with E-state index in [9.17, 15) is 5.11 Å². The highest BCUT2D eigenvalue weighted by Crippen LogP contribution is 2.27. The molecule has 1 aromatic heterocycles. The first-order valence-electron chi connectivity index (χ1n) is 10.0. The number of fused-ring (bicyclic) bond motifs is 1. The second-order valence-electron chi connectivity index (χ2n) is 6.92. The molecule has 1 N–H and O–H groups in total. The van der Waals surface area contributed by atoms with E-state index < -0.39 is 6.10 Å². The van der Waals surface area contributed by atoms with Gasteiger partial charge in [0.15, 0.2) is 0 Å². The maximum Gasteiger partial charge on any atom is 0.0811 e. The van der Waals surface area contributed by atoms with Crippen LogP contribution < -0.4 is 0 Å². The fourth-order valence-electron chi connectivity index (χ4n) is 3.17. The zero-order valence-electron chi connectivity index (χ0n) is 15.9. The molecular weight excluding hydrogens is 306 g/mol. The number of aliphatic hydroxyl groups excluding tert-OH is 1. The zero-order valence-corrected chi connectivity index (χ0v) is 15.9. The predicted octanol–water partition coefficient (Wildman–Crippen LogP) is 6.83. The molecule has 0 saturated carbocycles. The van der Waals surface area contributed by atoms with E-state index in [0.717, 1.165) is 41.4 Å². The second-order valence-corrected chi connectivity index (χ2v) is 6.92. The lowest BCUT2D eigenvalue weighted by molar-refractivity contribution is 0.163. The van der Waals surface area contributed by atoms with Crippen LogP contribution in [0.5, 0.6) is 0 Å². The van der Waals surface area contributed by atoms with Gasteiger partial charge in [-0.2, -0.15) is 0 Å². The molecule has 0 saturated heterocycles. The Hall–Kier alpha value is -1.67. The molecule has 0 aliphatic heterocycles. The van der Waals surface area contributed by atoms with Crippen molar-refractivity contribution in [1.82, 2.24) is 4.98 Å². The Morgan fingerprint density at radius 3 is 2.56 bits per heavy atom. The van der Waals surface area contributed by atoms with Crippen molar-refractivity contribution in [2.45, 2.75) is 77.7 Å². The third-order valence-corrected chi connectivity index (χ3v) is 4.72. The van der Waals surface area contributed by atoms with Crippen molar-refractivity contribution in [2.24, 2.45) is 0 Å². The lowest BCUT2D eigenvalue weighted by atomic mass is 9.99. The van der Waals surface area contributed by atoms with Gasteiger partial charge in [0, 0.05) is 10.9 Å². The Labute approximate surface area is 153 Å². The number of para-hydroxylation sites is 1. The van der Waals surface area contributed by atoms with Crippen LogP contribution in [0.15, 0.2) is 36.4 Å². The van der Waals surface area contributed by atoms with Gasteiger partial charge < -0.3 is 5.11 Å². The molecular formula is C23H33NO.